The van der Waals surface area contributed by atoms with E-state index in [0.29, 0.717) is 11.3 Å². The van der Waals surface area contributed by atoms with Crippen LogP contribution < -0.4 is 5.73 Å². The van der Waals surface area contributed by atoms with Crippen molar-refractivity contribution in [2.45, 2.75) is 0 Å². The highest BCUT2D eigenvalue weighted by Crippen LogP contribution is 2.05. The Morgan fingerprint density at radius 1 is 1.25 bits per heavy atom. The zero-order valence-electron chi connectivity index (χ0n) is 8.32. The molecule has 0 bridgehead atoms. The lowest BCUT2D eigenvalue weighted by Crippen LogP contribution is -2.00. The number of hydrogen-bond donors (Lipinski definition) is 3. The Kier molecular flexibility index (Phi) is 5.43. The molecule has 0 amide bonds. The third kappa shape index (κ3) is 7.74. The van der Waals surface area contributed by atoms with Gasteiger partial charge < -0.3 is 10.5 Å². The Hall–Kier alpha value is -1.64. The normalized spacial score (nSPS) is 9.94. The molecule has 16 heavy (non-hydrogen) atoms. The fourth-order valence-electron chi connectivity index (χ4n) is 0.737. The van der Waals surface area contributed by atoms with Crippen molar-refractivity contribution in [3.63, 3.8) is 0 Å². The molecule has 0 heterocycles. The summed E-state index contributed by atoms with van der Waals surface area (Å²) in [6, 6.07) is 6.57. The molecule has 1 aromatic rings. The molecular weight excluding hydrogens is 238 g/mol. The maximum absolute atomic E-state index is 10.9. The number of carbonyl (C=O) groups excluding carboxylic acids is 1. The number of esters is 1. The maximum atomic E-state index is 10.9. The maximum Gasteiger partial charge on any atom is 0.394 e. The van der Waals surface area contributed by atoms with Crippen molar-refractivity contribution in [3.8, 4) is 0 Å². The van der Waals surface area contributed by atoms with Crippen LogP contribution in [0.4, 0.5) is 5.69 Å². The van der Waals surface area contributed by atoms with Crippen molar-refractivity contribution in [1.29, 1.82) is 0 Å². The molecule has 90 valence electrons. The third-order valence-corrected chi connectivity index (χ3v) is 1.33. The van der Waals surface area contributed by atoms with Gasteiger partial charge >= 0.3 is 16.4 Å². The summed E-state index contributed by atoms with van der Waals surface area (Å²) in [7, 11) is -3.32. The quantitative estimate of drug-likeness (QED) is 0.373. The standard InChI is InChI=1S/C8H9NO2.H2O4S/c1-11-8(10)6-2-4-7(9)5-3-6;1-5(2,3)4/h2-5H,9H2,1H3;(H2,1,2,3,4). The summed E-state index contributed by atoms with van der Waals surface area (Å²) in [6.07, 6.45) is 0. The van der Waals surface area contributed by atoms with Crippen LogP contribution in [-0.4, -0.2) is 30.6 Å². The van der Waals surface area contributed by atoms with Crippen LogP contribution in [0.1, 0.15) is 10.4 Å². The number of hydrogen-bond acceptors (Lipinski definition) is 5. The molecule has 0 atom stereocenters. The molecule has 8 heteroatoms. The van der Waals surface area contributed by atoms with E-state index < -0.39 is 10.4 Å². The van der Waals surface area contributed by atoms with Gasteiger partial charge in [-0.15, -0.1) is 0 Å². The van der Waals surface area contributed by atoms with Crippen LogP contribution in [0.2, 0.25) is 0 Å². The fraction of sp³-hybridized carbons (Fsp3) is 0.125. The molecule has 0 aliphatic carbocycles. The number of benzene rings is 1. The molecule has 0 aliphatic heterocycles. The highest BCUT2D eigenvalue weighted by atomic mass is 32.3. The van der Waals surface area contributed by atoms with Crippen molar-refractivity contribution in [2.75, 3.05) is 12.8 Å². The van der Waals surface area contributed by atoms with Crippen molar-refractivity contribution in [3.05, 3.63) is 29.8 Å². The van der Waals surface area contributed by atoms with E-state index >= 15 is 0 Å². The first-order chi connectivity index (χ1) is 7.24. The van der Waals surface area contributed by atoms with Crippen LogP contribution in [-0.2, 0) is 15.1 Å². The smallest absolute Gasteiger partial charge is 0.394 e. The van der Waals surface area contributed by atoms with Gasteiger partial charge in [0.15, 0.2) is 0 Å². The van der Waals surface area contributed by atoms with Crippen LogP contribution in [0.3, 0.4) is 0 Å². The van der Waals surface area contributed by atoms with Gasteiger partial charge in [0.05, 0.1) is 12.7 Å². The molecule has 0 aliphatic rings. The van der Waals surface area contributed by atoms with Crippen molar-refractivity contribution in [1.82, 2.24) is 0 Å². The van der Waals surface area contributed by atoms with Gasteiger partial charge in [-0.25, -0.2) is 4.79 Å². The van der Waals surface area contributed by atoms with Gasteiger partial charge in [-0.2, -0.15) is 8.42 Å². The minimum absolute atomic E-state index is 0.343. The molecule has 0 spiro atoms. The zero-order chi connectivity index (χ0) is 12.8. The summed E-state index contributed by atoms with van der Waals surface area (Å²) < 4.78 is 36.1. The van der Waals surface area contributed by atoms with Gasteiger partial charge in [0.2, 0.25) is 0 Å². The average Bonchev–Trinajstić information content (AvgIpc) is 2.15. The number of carbonyl (C=O) groups is 1. The first kappa shape index (κ1) is 14.4. The van der Waals surface area contributed by atoms with E-state index in [0.717, 1.165) is 0 Å². The van der Waals surface area contributed by atoms with Gasteiger partial charge in [0.1, 0.15) is 0 Å². The molecule has 7 nitrogen and oxygen atoms in total. The Balaban J connectivity index is 0.000000385. The van der Waals surface area contributed by atoms with E-state index in [4.69, 9.17) is 23.3 Å². The minimum Gasteiger partial charge on any atom is -0.465 e. The highest BCUT2D eigenvalue weighted by molar-refractivity contribution is 7.79. The monoisotopic (exact) mass is 249 g/mol. The van der Waals surface area contributed by atoms with E-state index in [9.17, 15) is 4.79 Å². The second kappa shape index (κ2) is 6.05. The lowest BCUT2D eigenvalue weighted by atomic mass is 10.2. The van der Waals surface area contributed by atoms with Crippen LogP contribution in [0.15, 0.2) is 24.3 Å². The lowest BCUT2D eigenvalue weighted by Gasteiger charge is -1.97. The SMILES string of the molecule is COC(=O)c1ccc(N)cc1.O=S(=O)(O)O. The summed E-state index contributed by atoms with van der Waals surface area (Å²) in [5.74, 6) is -0.343. The summed E-state index contributed by atoms with van der Waals surface area (Å²) in [5, 5.41) is 0. The molecule has 0 radical (unpaired) electrons. The van der Waals surface area contributed by atoms with Crippen molar-refractivity contribution < 1.29 is 27.1 Å². The number of anilines is 1. The first-order valence-electron chi connectivity index (χ1n) is 3.88. The molecule has 1 aromatic carbocycles. The Morgan fingerprint density at radius 3 is 1.94 bits per heavy atom. The van der Waals surface area contributed by atoms with E-state index in [1.165, 1.54) is 7.11 Å². The average molecular weight is 249 g/mol. The predicted molar refractivity (Wildman–Crippen MR) is 56.4 cm³/mol. The van der Waals surface area contributed by atoms with Crippen LogP contribution in [0.5, 0.6) is 0 Å². The summed E-state index contributed by atoms with van der Waals surface area (Å²) in [5.41, 5.74) is 6.57. The molecule has 0 aromatic heterocycles. The number of methoxy groups -OCH3 is 1. The number of rotatable bonds is 1. The topological polar surface area (TPSA) is 127 Å². The van der Waals surface area contributed by atoms with Gasteiger partial charge in [0.25, 0.3) is 0 Å². The number of ether oxygens (including phenoxy) is 1. The van der Waals surface area contributed by atoms with Gasteiger partial charge in [0, 0.05) is 5.69 Å². The largest absolute Gasteiger partial charge is 0.465 e. The van der Waals surface area contributed by atoms with Crippen molar-refractivity contribution in [2.24, 2.45) is 0 Å². The van der Waals surface area contributed by atoms with Gasteiger partial charge in [-0.05, 0) is 24.3 Å². The molecule has 0 unspecified atom stereocenters. The highest BCUT2D eigenvalue weighted by Gasteiger charge is 2.02. The second-order valence-corrected chi connectivity index (χ2v) is 3.46. The molecule has 0 saturated heterocycles. The van der Waals surface area contributed by atoms with E-state index in [1.54, 1.807) is 24.3 Å². The number of nitrogen functional groups attached to an aromatic ring is 1. The molecular formula is C8H11NO6S. The molecule has 0 fully saturated rings. The second-order valence-electron chi connectivity index (χ2n) is 2.56. The summed E-state index contributed by atoms with van der Waals surface area (Å²) >= 11 is 0. The predicted octanol–water partition coefficient (Wildman–Crippen LogP) is 0.403. The molecule has 4 N–H and O–H groups in total. The van der Waals surface area contributed by atoms with Crippen LogP contribution in [0, 0.1) is 0 Å². The number of nitrogens with two attached hydrogens (primary N) is 1. The lowest BCUT2D eigenvalue weighted by molar-refractivity contribution is 0.0600. The first-order valence-corrected chi connectivity index (χ1v) is 5.27. The summed E-state index contributed by atoms with van der Waals surface area (Å²) in [4.78, 5) is 10.9. The van der Waals surface area contributed by atoms with Crippen LogP contribution >= 0.6 is 0 Å². The van der Waals surface area contributed by atoms with Gasteiger partial charge in [-0.1, -0.05) is 0 Å². The molecule has 0 saturated carbocycles. The van der Waals surface area contributed by atoms with Crippen molar-refractivity contribution >= 4 is 22.1 Å². The molecule has 1 rings (SSSR count). The van der Waals surface area contributed by atoms with E-state index in [-0.39, 0.29) is 5.97 Å². The third-order valence-electron chi connectivity index (χ3n) is 1.33. The fourth-order valence-corrected chi connectivity index (χ4v) is 0.737. The zero-order valence-corrected chi connectivity index (χ0v) is 9.14. The van der Waals surface area contributed by atoms with E-state index in [1.807, 2.05) is 0 Å². The minimum atomic E-state index is -4.67. The van der Waals surface area contributed by atoms with E-state index in [2.05, 4.69) is 4.74 Å². The van der Waals surface area contributed by atoms with Crippen LogP contribution in [0.25, 0.3) is 0 Å². The Bertz CT molecular complexity index is 430. The van der Waals surface area contributed by atoms with Gasteiger partial charge in [-0.3, -0.25) is 9.11 Å². The summed E-state index contributed by atoms with van der Waals surface area (Å²) in [6.45, 7) is 0. The Morgan fingerprint density at radius 2 is 1.62 bits per heavy atom. The Labute approximate surface area is 92.4 Å².